The summed E-state index contributed by atoms with van der Waals surface area (Å²) < 4.78 is 7.63. The van der Waals surface area contributed by atoms with Crippen LogP contribution in [0.5, 0.6) is 5.75 Å². The van der Waals surface area contributed by atoms with Crippen molar-refractivity contribution in [3.8, 4) is 16.9 Å². The molecule has 1 aromatic carbocycles. The Kier molecular flexibility index (Phi) is 4.69. The monoisotopic (exact) mass is 411 g/mol. The average Bonchev–Trinajstić information content (AvgIpc) is 3.46. The standard InChI is InChI=1S/C23H30N4O3/c1-23(2,3)27(22(25)29)12-11-26-17(13-27)19(21(24)28)18(20(26)15-5-6-15)14-7-9-16(30-4)10-8-14/h7-10,15H,5-6,11-13H2,1-4H3,(H3-,24,25,28,29)/p+1. The largest absolute Gasteiger partial charge is 0.497 e. The third-order valence-electron chi connectivity index (χ3n) is 6.83. The van der Waals surface area contributed by atoms with Crippen LogP contribution < -0.4 is 16.2 Å². The molecule has 0 radical (unpaired) electrons. The number of aromatic nitrogens is 1. The molecule has 160 valence electrons. The van der Waals surface area contributed by atoms with Crippen LogP contribution in [0.2, 0.25) is 0 Å². The van der Waals surface area contributed by atoms with Gasteiger partial charge in [-0.05, 0) is 57.2 Å². The van der Waals surface area contributed by atoms with E-state index >= 15 is 0 Å². The minimum atomic E-state index is -0.463. The Hall–Kier alpha value is -2.80. The Morgan fingerprint density at radius 3 is 2.23 bits per heavy atom. The highest BCUT2D eigenvalue weighted by Crippen LogP contribution is 2.49. The van der Waals surface area contributed by atoms with E-state index in [1.807, 2.05) is 45.0 Å². The number of urea groups is 1. The Morgan fingerprint density at radius 1 is 1.13 bits per heavy atom. The second-order valence-electron chi connectivity index (χ2n) is 9.46. The number of nitrogens with two attached hydrogens (primary N) is 2. The van der Waals surface area contributed by atoms with Gasteiger partial charge in [-0.1, -0.05) is 12.1 Å². The van der Waals surface area contributed by atoms with Gasteiger partial charge in [-0.2, -0.15) is 0 Å². The Labute approximate surface area is 177 Å². The molecule has 1 aromatic heterocycles. The molecule has 7 heteroatoms. The molecule has 3 amide bonds. The Bertz CT molecular complexity index is 1010. The van der Waals surface area contributed by atoms with Crippen LogP contribution >= 0.6 is 0 Å². The third-order valence-corrected chi connectivity index (χ3v) is 6.83. The number of hydrogen-bond acceptors (Lipinski definition) is 3. The zero-order valence-electron chi connectivity index (χ0n) is 18.2. The normalized spacial score (nSPS) is 21.2. The van der Waals surface area contributed by atoms with Crippen molar-refractivity contribution in [2.45, 2.75) is 58.2 Å². The topological polar surface area (TPSA) is 100 Å². The van der Waals surface area contributed by atoms with Crippen molar-refractivity contribution >= 4 is 11.9 Å². The molecule has 0 saturated heterocycles. The van der Waals surface area contributed by atoms with E-state index in [0.717, 1.165) is 35.4 Å². The quantitative estimate of drug-likeness (QED) is 0.755. The lowest BCUT2D eigenvalue weighted by Crippen LogP contribution is -2.67. The molecule has 2 heterocycles. The summed E-state index contributed by atoms with van der Waals surface area (Å²) in [5.74, 6) is 0.709. The first kappa shape index (κ1) is 20.5. The van der Waals surface area contributed by atoms with Crippen LogP contribution in [-0.4, -0.2) is 40.2 Å². The molecule has 1 aliphatic heterocycles. The van der Waals surface area contributed by atoms with Crippen LogP contribution in [0.25, 0.3) is 11.1 Å². The molecule has 0 bridgehead atoms. The highest BCUT2D eigenvalue weighted by atomic mass is 16.5. The number of nitrogens with zero attached hydrogens (tertiary/aromatic N) is 2. The maximum absolute atomic E-state index is 12.7. The Morgan fingerprint density at radius 2 is 1.77 bits per heavy atom. The SMILES string of the molecule is COc1ccc(-c2c(C(N)=O)c3n(c2C2CC2)CC[N+](C(N)=O)(C(C)(C)C)C3)cc1. The fourth-order valence-electron chi connectivity index (χ4n) is 4.90. The summed E-state index contributed by atoms with van der Waals surface area (Å²) in [6.07, 6.45) is 2.19. The third kappa shape index (κ3) is 2.99. The lowest BCUT2D eigenvalue weighted by molar-refractivity contribution is -0.913. The van der Waals surface area contributed by atoms with Crippen molar-refractivity contribution < 1.29 is 18.8 Å². The zero-order valence-corrected chi connectivity index (χ0v) is 18.2. The predicted molar refractivity (Wildman–Crippen MR) is 115 cm³/mol. The number of carbonyl (C=O) groups is 2. The molecule has 4 rings (SSSR count). The molecule has 1 atom stereocenters. The zero-order chi connectivity index (χ0) is 21.8. The molecular formula is C23H31N4O3+. The second-order valence-corrected chi connectivity index (χ2v) is 9.46. The van der Waals surface area contributed by atoms with Gasteiger partial charge in [0.15, 0.2) is 0 Å². The number of quaternary nitrogens is 1. The molecule has 1 unspecified atom stereocenters. The van der Waals surface area contributed by atoms with E-state index in [1.165, 1.54) is 5.69 Å². The van der Waals surface area contributed by atoms with Gasteiger partial charge in [-0.25, -0.2) is 9.28 Å². The summed E-state index contributed by atoms with van der Waals surface area (Å²) in [5.41, 5.74) is 15.8. The van der Waals surface area contributed by atoms with Gasteiger partial charge >= 0.3 is 6.03 Å². The average molecular weight is 412 g/mol. The second kappa shape index (κ2) is 6.87. The van der Waals surface area contributed by atoms with Gasteiger partial charge in [-0.15, -0.1) is 0 Å². The summed E-state index contributed by atoms with van der Waals surface area (Å²) in [6, 6.07) is 7.36. The van der Waals surface area contributed by atoms with Crippen molar-refractivity contribution in [3.63, 3.8) is 0 Å². The fourth-order valence-corrected chi connectivity index (χ4v) is 4.90. The highest BCUT2D eigenvalue weighted by molar-refractivity contribution is 6.02. The summed E-state index contributed by atoms with van der Waals surface area (Å²) in [5, 5.41) is 0. The van der Waals surface area contributed by atoms with Crippen LogP contribution in [0, 0.1) is 0 Å². The number of carbonyl (C=O) groups excluding carboxylic acids is 2. The van der Waals surface area contributed by atoms with Crippen LogP contribution in [0.1, 0.15) is 61.3 Å². The van der Waals surface area contributed by atoms with Crippen molar-refractivity contribution in [2.24, 2.45) is 11.5 Å². The highest BCUT2D eigenvalue weighted by Gasteiger charge is 2.51. The van der Waals surface area contributed by atoms with E-state index in [4.69, 9.17) is 16.2 Å². The number of methoxy groups -OCH3 is 1. The van der Waals surface area contributed by atoms with Gasteiger partial charge in [0.1, 0.15) is 18.8 Å². The van der Waals surface area contributed by atoms with Crippen LogP contribution in [-0.2, 0) is 13.1 Å². The van der Waals surface area contributed by atoms with E-state index < -0.39 is 11.4 Å². The minimum absolute atomic E-state index is 0.101. The van der Waals surface area contributed by atoms with Gasteiger partial charge in [0.2, 0.25) is 0 Å². The summed E-state index contributed by atoms with van der Waals surface area (Å²) in [7, 11) is 1.63. The van der Waals surface area contributed by atoms with E-state index in [2.05, 4.69) is 4.57 Å². The van der Waals surface area contributed by atoms with E-state index in [1.54, 1.807) is 7.11 Å². The number of hydrogen-bond donors (Lipinski definition) is 2. The maximum atomic E-state index is 12.7. The molecule has 1 saturated carbocycles. The molecule has 0 spiro atoms. The predicted octanol–water partition coefficient (Wildman–Crippen LogP) is 3.35. The van der Waals surface area contributed by atoms with Crippen molar-refractivity contribution in [3.05, 3.63) is 41.2 Å². The summed E-state index contributed by atoms with van der Waals surface area (Å²) in [6.45, 7) is 7.66. The first-order valence-corrected chi connectivity index (χ1v) is 10.5. The van der Waals surface area contributed by atoms with Gasteiger partial charge < -0.3 is 20.8 Å². The molecule has 4 N–H and O–H groups in total. The van der Waals surface area contributed by atoms with Gasteiger partial charge in [0, 0.05) is 11.3 Å². The molecule has 1 fully saturated rings. The number of fused-ring (bicyclic) bond motifs is 1. The minimum Gasteiger partial charge on any atom is -0.497 e. The van der Waals surface area contributed by atoms with Crippen LogP contribution in [0.4, 0.5) is 4.79 Å². The van der Waals surface area contributed by atoms with E-state index in [0.29, 0.717) is 31.1 Å². The smallest absolute Gasteiger partial charge is 0.414 e. The summed E-state index contributed by atoms with van der Waals surface area (Å²) >= 11 is 0. The van der Waals surface area contributed by atoms with Crippen LogP contribution in [0.3, 0.4) is 0 Å². The number of primary amides is 2. The lowest BCUT2D eigenvalue weighted by Gasteiger charge is -2.47. The molecule has 2 aromatic rings. The van der Waals surface area contributed by atoms with Crippen molar-refractivity contribution in [1.29, 1.82) is 0 Å². The molecule has 30 heavy (non-hydrogen) atoms. The number of amides is 3. The lowest BCUT2D eigenvalue weighted by atomic mass is 9.96. The van der Waals surface area contributed by atoms with E-state index in [9.17, 15) is 9.59 Å². The van der Waals surface area contributed by atoms with Crippen LogP contribution in [0.15, 0.2) is 24.3 Å². The Balaban J connectivity index is 1.96. The molecule has 1 aliphatic carbocycles. The summed E-state index contributed by atoms with van der Waals surface area (Å²) in [4.78, 5) is 25.4. The van der Waals surface area contributed by atoms with Gasteiger partial charge in [-0.3, -0.25) is 4.79 Å². The number of rotatable bonds is 4. The molecule has 2 aliphatic rings. The van der Waals surface area contributed by atoms with Gasteiger partial charge in [0.25, 0.3) is 5.91 Å². The number of ether oxygens (including phenoxy) is 1. The van der Waals surface area contributed by atoms with E-state index in [-0.39, 0.29) is 10.5 Å². The first-order valence-electron chi connectivity index (χ1n) is 10.5. The maximum Gasteiger partial charge on any atom is 0.414 e. The molecule has 7 nitrogen and oxygen atoms in total. The number of benzene rings is 1. The fraction of sp³-hybridized carbons (Fsp3) is 0.478. The van der Waals surface area contributed by atoms with Gasteiger partial charge in [0.05, 0.1) is 30.5 Å². The van der Waals surface area contributed by atoms with Crippen molar-refractivity contribution in [2.75, 3.05) is 13.7 Å². The molecular weight excluding hydrogens is 380 g/mol. The van der Waals surface area contributed by atoms with Crippen molar-refractivity contribution in [1.82, 2.24) is 4.57 Å². The first-order chi connectivity index (χ1) is 14.1.